The van der Waals surface area contributed by atoms with E-state index in [1.807, 2.05) is 0 Å². The zero-order valence-electron chi connectivity index (χ0n) is 9.11. The standard InChI is InChI=1S/C13H12F2N2/c14-10-3-1-2-9(6-10)7-13(16)11-4-5-17-8-12(11)15/h1-6,8,13H,7,16H2. The lowest BCUT2D eigenvalue weighted by Gasteiger charge is -2.12. The summed E-state index contributed by atoms with van der Waals surface area (Å²) in [5.41, 5.74) is 7.02. The van der Waals surface area contributed by atoms with Crippen LogP contribution >= 0.6 is 0 Å². The number of halogens is 2. The Bertz CT molecular complexity index is 514. The Morgan fingerprint density at radius 2 is 2.06 bits per heavy atom. The molecule has 0 amide bonds. The Labute approximate surface area is 98.1 Å². The van der Waals surface area contributed by atoms with Gasteiger partial charge in [0.15, 0.2) is 0 Å². The fourth-order valence-corrected chi connectivity index (χ4v) is 1.71. The van der Waals surface area contributed by atoms with Crippen molar-refractivity contribution in [2.75, 3.05) is 0 Å². The highest BCUT2D eigenvalue weighted by Gasteiger charge is 2.12. The fraction of sp³-hybridized carbons (Fsp3) is 0.154. The van der Waals surface area contributed by atoms with Crippen LogP contribution in [0.1, 0.15) is 17.2 Å². The minimum atomic E-state index is -0.500. The summed E-state index contributed by atoms with van der Waals surface area (Å²) in [7, 11) is 0. The second kappa shape index (κ2) is 5.01. The summed E-state index contributed by atoms with van der Waals surface area (Å²) >= 11 is 0. The molecule has 88 valence electrons. The predicted molar refractivity (Wildman–Crippen MR) is 61.2 cm³/mol. The molecule has 2 nitrogen and oxygen atoms in total. The van der Waals surface area contributed by atoms with Gasteiger partial charge in [0.1, 0.15) is 11.6 Å². The van der Waals surface area contributed by atoms with Gasteiger partial charge < -0.3 is 5.73 Å². The molecule has 0 spiro atoms. The molecule has 1 unspecified atom stereocenters. The van der Waals surface area contributed by atoms with Gasteiger partial charge in [0, 0.05) is 17.8 Å². The van der Waals surface area contributed by atoms with Crippen LogP contribution < -0.4 is 5.73 Å². The van der Waals surface area contributed by atoms with Crippen LogP contribution in [0.2, 0.25) is 0 Å². The van der Waals surface area contributed by atoms with Gasteiger partial charge in [0.05, 0.1) is 6.20 Å². The van der Waals surface area contributed by atoms with Crippen molar-refractivity contribution in [2.24, 2.45) is 5.73 Å². The van der Waals surface area contributed by atoms with Crippen molar-refractivity contribution in [3.8, 4) is 0 Å². The molecule has 0 saturated carbocycles. The quantitative estimate of drug-likeness (QED) is 0.886. The molecule has 2 rings (SSSR count). The van der Waals surface area contributed by atoms with Crippen molar-refractivity contribution in [3.63, 3.8) is 0 Å². The van der Waals surface area contributed by atoms with Crippen molar-refractivity contribution in [2.45, 2.75) is 12.5 Å². The maximum atomic E-state index is 13.4. The van der Waals surface area contributed by atoms with Crippen LogP contribution in [0.3, 0.4) is 0 Å². The minimum Gasteiger partial charge on any atom is -0.324 e. The third kappa shape index (κ3) is 2.85. The van der Waals surface area contributed by atoms with Crippen molar-refractivity contribution in [1.29, 1.82) is 0 Å². The Balaban J connectivity index is 2.17. The van der Waals surface area contributed by atoms with Gasteiger partial charge in [-0.2, -0.15) is 0 Å². The number of pyridine rings is 1. The number of rotatable bonds is 3. The van der Waals surface area contributed by atoms with Gasteiger partial charge in [-0.05, 0) is 30.2 Å². The zero-order chi connectivity index (χ0) is 12.3. The van der Waals surface area contributed by atoms with Crippen LogP contribution in [-0.2, 0) is 6.42 Å². The van der Waals surface area contributed by atoms with Crippen LogP contribution in [0, 0.1) is 11.6 Å². The second-order valence-electron chi connectivity index (χ2n) is 3.84. The van der Waals surface area contributed by atoms with E-state index in [0.29, 0.717) is 12.0 Å². The Morgan fingerprint density at radius 1 is 1.24 bits per heavy atom. The van der Waals surface area contributed by atoms with Gasteiger partial charge in [-0.3, -0.25) is 4.98 Å². The molecule has 0 fully saturated rings. The molecule has 17 heavy (non-hydrogen) atoms. The molecule has 0 saturated heterocycles. The Hall–Kier alpha value is -1.81. The first-order valence-corrected chi connectivity index (χ1v) is 5.26. The van der Waals surface area contributed by atoms with Crippen LogP contribution in [-0.4, -0.2) is 4.98 Å². The van der Waals surface area contributed by atoms with Crippen LogP contribution in [0.5, 0.6) is 0 Å². The number of hydrogen-bond acceptors (Lipinski definition) is 2. The number of aromatic nitrogens is 1. The van der Waals surface area contributed by atoms with Gasteiger partial charge >= 0.3 is 0 Å². The van der Waals surface area contributed by atoms with E-state index in [9.17, 15) is 8.78 Å². The third-order valence-corrected chi connectivity index (χ3v) is 2.55. The summed E-state index contributed by atoms with van der Waals surface area (Å²) in [5, 5.41) is 0. The lowest BCUT2D eigenvalue weighted by atomic mass is 10.0. The molecule has 0 aliphatic carbocycles. The van der Waals surface area contributed by atoms with Crippen LogP contribution in [0.15, 0.2) is 42.7 Å². The van der Waals surface area contributed by atoms with Gasteiger partial charge in [0.25, 0.3) is 0 Å². The van der Waals surface area contributed by atoms with E-state index in [0.717, 1.165) is 11.8 Å². The van der Waals surface area contributed by atoms with E-state index < -0.39 is 11.9 Å². The van der Waals surface area contributed by atoms with Gasteiger partial charge in [-0.1, -0.05) is 12.1 Å². The van der Waals surface area contributed by atoms with Crippen molar-refractivity contribution in [3.05, 3.63) is 65.5 Å². The van der Waals surface area contributed by atoms with E-state index in [1.165, 1.54) is 18.3 Å². The van der Waals surface area contributed by atoms with Crippen LogP contribution in [0.25, 0.3) is 0 Å². The van der Waals surface area contributed by atoms with Crippen molar-refractivity contribution in [1.82, 2.24) is 4.98 Å². The molecule has 0 aliphatic rings. The lowest BCUT2D eigenvalue weighted by Crippen LogP contribution is -2.15. The summed E-state index contributed by atoms with van der Waals surface area (Å²) in [4.78, 5) is 3.66. The average Bonchev–Trinajstić information content (AvgIpc) is 2.29. The number of nitrogens with two attached hydrogens (primary N) is 1. The van der Waals surface area contributed by atoms with Crippen LogP contribution in [0.4, 0.5) is 8.78 Å². The van der Waals surface area contributed by atoms with Crippen molar-refractivity contribution >= 4 is 0 Å². The first kappa shape index (κ1) is 11.7. The summed E-state index contributed by atoms with van der Waals surface area (Å²) < 4.78 is 26.4. The Kier molecular flexibility index (Phi) is 3.44. The van der Waals surface area contributed by atoms with E-state index in [1.54, 1.807) is 18.2 Å². The molecular formula is C13H12F2N2. The molecule has 1 heterocycles. The van der Waals surface area contributed by atoms with E-state index in [4.69, 9.17) is 5.73 Å². The SMILES string of the molecule is NC(Cc1cccc(F)c1)c1ccncc1F. The van der Waals surface area contributed by atoms with Gasteiger partial charge in [-0.25, -0.2) is 8.78 Å². The lowest BCUT2D eigenvalue weighted by molar-refractivity contribution is 0.573. The van der Waals surface area contributed by atoms with Gasteiger partial charge in [-0.15, -0.1) is 0 Å². The highest BCUT2D eigenvalue weighted by atomic mass is 19.1. The maximum absolute atomic E-state index is 13.4. The normalized spacial score (nSPS) is 12.4. The molecule has 2 N–H and O–H groups in total. The summed E-state index contributed by atoms with van der Waals surface area (Å²) in [5.74, 6) is -0.749. The summed E-state index contributed by atoms with van der Waals surface area (Å²) in [6, 6.07) is 7.18. The maximum Gasteiger partial charge on any atom is 0.146 e. The third-order valence-electron chi connectivity index (χ3n) is 2.55. The molecule has 0 radical (unpaired) electrons. The van der Waals surface area contributed by atoms with E-state index in [2.05, 4.69) is 4.98 Å². The van der Waals surface area contributed by atoms with Crippen molar-refractivity contribution < 1.29 is 8.78 Å². The molecule has 0 aliphatic heterocycles. The average molecular weight is 234 g/mol. The smallest absolute Gasteiger partial charge is 0.146 e. The number of benzene rings is 1. The molecule has 2 aromatic rings. The van der Waals surface area contributed by atoms with Gasteiger partial charge in [0.2, 0.25) is 0 Å². The zero-order valence-corrected chi connectivity index (χ0v) is 9.11. The molecule has 4 heteroatoms. The molecule has 1 atom stereocenters. The molecule has 1 aromatic heterocycles. The highest BCUT2D eigenvalue weighted by Crippen LogP contribution is 2.18. The summed E-state index contributed by atoms with van der Waals surface area (Å²) in [6.07, 6.45) is 3.00. The molecule has 0 bridgehead atoms. The predicted octanol–water partition coefficient (Wildman–Crippen LogP) is 2.60. The number of hydrogen-bond donors (Lipinski definition) is 1. The largest absolute Gasteiger partial charge is 0.324 e. The fourth-order valence-electron chi connectivity index (χ4n) is 1.71. The second-order valence-corrected chi connectivity index (χ2v) is 3.84. The molecular weight excluding hydrogens is 222 g/mol. The van der Waals surface area contributed by atoms with E-state index >= 15 is 0 Å². The minimum absolute atomic E-state index is 0.315. The monoisotopic (exact) mass is 234 g/mol. The highest BCUT2D eigenvalue weighted by molar-refractivity contribution is 5.23. The topological polar surface area (TPSA) is 38.9 Å². The Morgan fingerprint density at radius 3 is 2.76 bits per heavy atom. The first-order valence-electron chi connectivity index (χ1n) is 5.26. The molecule has 1 aromatic carbocycles. The first-order chi connectivity index (χ1) is 8.16. The summed E-state index contributed by atoms with van der Waals surface area (Å²) in [6.45, 7) is 0. The van der Waals surface area contributed by atoms with E-state index in [-0.39, 0.29) is 5.82 Å². The number of nitrogens with zero attached hydrogens (tertiary/aromatic N) is 1.